The molecule has 0 atom stereocenters. The summed E-state index contributed by atoms with van der Waals surface area (Å²) in [6.07, 6.45) is 2.71. The maximum atomic E-state index is 12.5. The van der Waals surface area contributed by atoms with Gasteiger partial charge in [0.1, 0.15) is 5.82 Å². The predicted octanol–water partition coefficient (Wildman–Crippen LogP) is 4.17. The number of nitrogens with one attached hydrogen (secondary N) is 1. The van der Waals surface area contributed by atoms with Crippen molar-refractivity contribution >= 4 is 11.6 Å². The van der Waals surface area contributed by atoms with Crippen LogP contribution < -0.4 is 5.56 Å². The van der Waals surface area contributed by atoms with Crippen LogP contribution in [0.1, 0.15) is 42.4 Å². The molecule has 1 aliphatic rings. The summed E-state index contributed by atoms with van der Waals surface area (Å²) in [6.45, 7) is 6.36. The van der Waals surface area contributed by atoms with Crippen LogP contribution in [0.4, 0.5) is 0 Å². The van der Waals surface area contributed by atoms with Crippen LogP contribution in [0.25, 0.3) is 11.3 Å². The van der Waals surface area contributed by atoms with Gasteiger partial charge in [0.15, 0.2) is 0 Å². The Morgan fingerprint density at radius 3 is 2.64 bits per heavy atom. The molecule has 144 valence electrons. The van der Waals surface area contributed by atoms with Crippen molar-refractivity contribution in [2.75, 3.05) is 6.54 Å². The summed E-state index contributed by atoms with van der Waals surface area (Å²) in [6, 6.07) is 11.8. The maximum absolute atomic E-state index is 12.5. The van der Waals surface area contributed by atoms with Gasteiger partial charge in [-0.25, -0.2) is 4.98 Å². The largest absolute Gasteiger partial charge is 0.310 e. The molecule has 1 aliphatic heterocycles. The van der Waals surface area contributed by atoms with Crippen molar-refractivity contribution in [2.45, 2.75) is 39.3 Å². The third kappa shape index (κ3) is 4.01. The SMILES string of the molecule is CC(C)c1nc2c(c(=O)[nH]1)CN(Cc1ccc(-c3ccc(Cl)cc3)nc1)CC2. The van der Waals surface area contributed by atoms with Gasteiger partial charge in [0.05, 0.1) is 17.0 Å². The molecule has 0 saturated heterocycles. The number of benzene rings is 1. The number of H-pyrrole nitrogens is 1. The van der Waals surface area contributed by atoms with Gasteiger partial charge in [0.2, 0.25) is 0 Å². The molecule has 2 aromatic heterocycles. The Balaban J connectivity index is 1.47. The van der Waals surface area contributed by atoms with Gasteiger partial charge in [-0.15, -0.1) is 0 Å². The van der Waals surface area contributed by atoms with E-state index in [4.69, 9.17) is 11.6 Å². The van der Waals surface area contributed by atoms with E-state index in [0.29, 0.717) is 6.54 Å². The minimum Gasteiger partial charge on any atom is -0.310 e. The predicted molar refractivity (Wildman–Crippen MR) is 111 cm³/mol. The fourth-order valence-corrected chi connectivity index (χ4v) is 3.60. The molecule has 3 aromatic rings. The average molecular weight is 395 g/mol. The summed E-state index contributed by atoms with van der Waals surface area (Å²) in [5.41, 5.74) is 4.83. The first kappa shape index (κ1) is 18.8. The topological polar surface area (TPSA) is 61.9 Å². The molecule has 0 unspecified atom stereocenters. The smallest absolute Gasteiger partial charge is 0.255 e. The molecule has 1 N–H and O–H groups in total. The van der Waals surface area contributed by atoms with Gasteiger partial charge < -0.3 is 4.98 Å². The highest BCUT2D eigenvalue weighted by atomic mass is 35.5. The Labute approximate surface area is 169 Å². The average Bonchev–Trinajstić information content (AvgIpc) is 2.69. The highest BCUT2D eigenvalue weighted by molar-refractivity contribution is 6.30. The Morgan fingerprint density at radius 2 is 1.96 bits per heavy atom. The molecule has 28 heavy (non-hydrogen) atoms. The second kappa shape index (κ2) is 7.86. The summed E-state index contributed by atoms with van der Waals surface area (Å²) in [4.78, 5) is 26.9. The number of rotatable bonds is 4. The van der Waals surface area contributed by atoms with E-state index < -0.39 is 0 Å². The third-order valence-electron chi connectivity index (χ3n) is 5.08. The monoisotopic (exact) mass is 394 g/mol. The summed E-state index contributed by atoms with van der Waals surface area (Å²) < 4.78 is 0. The van der Waals surface area contributed by atoms with E-state index in [2.05, 4.69) is 25.9 Å². The number of aromatic nitrogens is 3. The lowest BCUT2D eigenvalue weighted by molar-refractivity contribution is 0.241. The van der Waals surface area contributed by atoms with E-state index in [-0.39, 0.29) is 11.5 Å². The van der Waals surface area contributed by atoms with Gasteiger partial charge in [-0.3, -0.25) is 14.7 Å². The third-order valence-corrected chi connectivity index (χ3v) is 5.34. The number of pyridine rings is 1. The second-order valence-electron chi connectivity index (χ2n) is 7.55. The first-order chi connectivity index (χ1) is 13.5. The summed E-state index contributed by atoms with van der Waals surface area (Å²) >= 11 is 5.95. The minimum atomic E-state index is -0.00499. The fourth-order valence-electron chi connectivity index (χ4n) is 3.48. The van der Waals surface area contributed by atoms with Crippen molar-refractivity contribution in [2.24, 2.45) is 0 Å². The zero-order valence-electron chi connectivity index (χ0n) is 16.1. The lowest BCUT2D eigenvalue weighted by Crippen LogP contribution is -2.36. The molecule has 4 rings (SSSR count). The van der Waals surface area contributed by atoms with Crippen LogP contribution in [0, 0.1) is 0 Å². The highest BCUT2D eigenvalue weighted by Crippen LogP contribution is 2.21. The van der Waals surface area contributed by atoms with Crippen molar-refractivity contribution in [3.8, 4) is 11.3 Å². The molecule has 1 aromatic carbocycles. The van der Waals surface area contributed by atoms with Crippen molar-refractivity contribution < 1.29 is 0 Å². The molecule has 0 saturated carbocycles. The lowest BCUT2D eigenvalue weighted by atomic mass is 10.0. The Kier molecular flexibility index (Phi) is 5.29. The number of hydrogen-bond acceptors (Lipinski definition) is 4. The van der Waals surface area contributed by atoms with Crippen LogP contribution in [-0.2, 0) is 19.5 Å². The quantitative estimate of drug-likeness (QED) is 0.721. The molecule has 0 aliphatic carbocycles. The number of halogens is 1. The number of aromatic amines is 1. The Hall–Kier alpha value is -2.50. The van der Waals surface area contributed by atoms with Crippen LogP contribution in [0.2, 0.25) is 5.02 Å². The molecule has 6 heteroatoms. The second-order valence-corrected chi connectivity index (χ2v) is 7.99. The van der Waals surface area contributed by atoms with Crippen LogP contribution >= 0.6 is 11.6 Å². The molecule has 0 amide bonds. The molecule has 0 spiro atoms. The Bertz CT molecular complexity index is 1030. The Morgan fingerprint density at radius 1 is 1.18 bits per heavy atom. The zero-order chi connectivity index (χ0) is 19.7. The lowest BCUT2D eigenvalue weighted by Gasteiger charge is -2.28. The molecule has 5 nitrogen and oxygen atoms in total. The maximum Gasteiger partial charge on any atom is 0.255 e. The van der Waals surface area contributed by atoms with Crippen LogP contribution in [-0.4, -0.2) is 26.4 Å². The summed E-state index contributed by atoms with van der Waals surface area (Å²) in [5, 5.41) is 0.718. The van der Waals surface area contributed by atoms with Gasteiger partial charge in [-0.05, 0) is 23.8 Å². The van der Waals surface area contributed by atoms with Crippen molar-refractivity contribution in [1.29, 1.82) is 0 Å². The van der Waals surface area contributed by atoms with Crippen LogP contribution in [0.15, 0.2) is 47.4 Å². The van der Waals surface area contributed by atoms with Gasteiger partial charge in [0, 0.05) is 48.8 Å². The van der Waals surface area contributed by atoms with E-state index in [1.165, 1.54) is 0 Å². The van der Waals surface area contributed by atoms with Crippen LogP contribution in [0.3, 0.4) is 0 Å². The standard InChI is InChI=1S/C22H23ClN4O/c1-14(2)21-25-20-9-10-27(13-18(20)22(28)26-21)12-15-3-8-19(24-11-15)16-4-6-17(23)7-5-16/h3-8,11,14H,9-10,12-13H2,1-2H3,(H,25,26,28). The number of fused-ring (bicyclic) bond motifs is 1. The van der Waals surface area contributed by atoms with Crippen molar-refractivity contribution in [3.63, 3.8) is 0 Å². The van der Waals surface area contributed by atoms with E-state index >= 15 is 0 Å². The molecule has 0 fully saturated rings. The van der Waals surface area contributed by atoms with E-state index in [9.17, 15) is 4.79 Å². The van der Waals surface area contributed by atoms with E-state index in [1.807, 2.05) is 50.4 Å². The molecular formula is C22H23ClN4O. The first-order valence-electron chi connectivity index (χ1n) is 9.55. The van der Waals surface area contributed by atoms with E-state index in [1.54, 1.807) is 0 Å². The highest BCUT2D eigenvalue weighted by Gasteiger charge is 2.21. The summed E-state index contributed by atoms with van der Waals surface area (Å²) in [7, 11) is 0. The molecular weight excluding hydrogens is 372 g/mol. The fraction of sp³-hybridized carbons (Fsp3) is 0.318. The molecule has 0 bridgehead atoms. The number of nitrogens with zero attached hydrogens (tertiary/aromatic N) is 3. The van der Waals surface area contributed by atoms with Crippen molar-refractivity contribution in [1.82, 2.24) is 19.9 Å². The number of hydrogen-bond donors (Lipinski definition) is 1. The molecule has 0 radical (unpaired) electrons. The van der Waals surface area contributed by atoms with Crippen LogP contribution in [0.5, 0.6) is 0 Å². The van der Waals surface area contributed by atoms with Gasteiger partial charge in [0.25, 0.3) is 5.56 Å². The summed E-state index contributed by atoms with van der Waals surface area (Å²) in [5.74, 6) is 1.00. The van der Waals surface area contributed by atoms with Crippen molar-refractivity contribution in [3.05, 3.63) is 80.6 Å². The normalized spacial score (nSPS) is 14.3. The van der Waals surface area contributed by atoms with E-state index in [0.717, 1.165) is 58.4 Å². The first-order valence-corrected chi connectivity index (χ1v) is 9.92. The van der Waals surface area contributed by atoms with Gasteiger partial charge in [-0.2, -0.15) is 0 Å². The van der Waals surface area contributed by atoms with Gasteiger partial charge in [-0.1, -0.05) is 43.6 Å². The zero-order valence-corrected chi connectivity index (χ0v) is 16.8. The minimum absolute atomic E-state index is 0.00499. The molecule has 3 heterocycles. The van der Waals surface area contributed by atoms with Gasteiger partial charge >= 0.3 is 0 Å².